The summed E-state index contributed by atoms with van der Waals surface area (Å²) < 4.78 is 18.3. The third-order valence-corrected chi connectivity index (χ3v) is 2.78. The standard InChI is InChI=1S/C11H13BFNO4/c13-7-1-2-8(9(5-7)12(16)17)11(15)10-6-14-3-4-18-10/h1-2,5,10,14,16-17H,3-4,6H2. The van der Waals surface area contributed by atoms with E-state index in [4.69, 9.17) is 14.8 Å². The first-order valence-corrected chi connectivity index (χ1v) is 5.61. The fourth-order valence-electron chi connectivity index (χ4n) is 1.88. The van der Waals surface area contributed by atoms with Gasteiger partial charge in [-0.1, -0.05) is 0 Å². The largest absolute Gasteiger partial charge is 0.489 e. The Morgan fingerprint density at radius 1 is 1.50 bits per heavy atom. The molecular formula is C11H13BFNO4. The van der Waals surface area contributed by atoms with Crippen molar-refractivity contribution in [3.8, 4) is 0 Å². The molecule has 0 spiro atoms. The van der Waals surface area contributed by atoms with Crippen molar-refractivity contribution >= 4 is 18.4 Å². The summed E-state index contributed by atoms with van der Waals surface area (Å²) in [5.41, 5.74) is -0.0747. The molecule has 3 N–H and O–H groups in total. The summed E-state index contributed by atoms with van der Waals surface area (Å²) in [5, 5.41) is 21.3. The van der Waals surface area contributed by atoms with Crippen LogP contribution in [0, 0.1) is 5.82 Å². The summed E-state index contributed by atoms with van der Waals surface area (Å²) in [6, 6.07) is 3.29. The minimum absolute atomic E-state index is 0.0695. The van der Waals surface area contributed by atoms with Crippen LogP contribution in [0.2, 0.25) is 0 Å². The van der Waals surface area contributed by atoms with Gasteiger partial charge >= 0.3 is 7.12 Å². The van der Waals surface area contributed by atoms with Crippen LogP contribution in [0.5, 0.6) is 0 Å². The zero-order valence-corrected chi connectivity index (χ0v) is 9.60. The van der Waals surface area contributed by atoms with Crippen molar-refractivity contribution < 1.29 is 24.0 Å². The number of hydrogen-bond acceptors (Lipinski definition) is 5. The van der Waals surface area contributed by atoms with Crippen LogP contribution in [0.4, 0.5) is 4.39 Å². The number of nitrogens with one attached hydrogen (secondary N) is 1. The molecular weight excluding hydrogens is 240 g/mol. The smallest absolute Gasteiger partial charge is 0.423 e. The summed E-state index contributed by atoms with van der Waals surface area (Å²) in [5.74, 6) is -1.01. The van der Waals surface area contributed by atoms with Crippen molar-refractivity contribution in [2.75, 3.05) is 19.7 Å². The van der Waals surface area contributed by atoms with Crippen molar-refractivity contribution in [1.29, 1.82) is 0 Å². The lowest BCUT2D eigenvalue weighted by Gasteiger charge is -2.23. The molecule has 0 radical (unpaired) electrons. The fraction of sp³-hybridized carbons (Fsp3) is 0.364. The number of carbonyl (C=O) groups is 1. The van der Waals surface area contributed by atoms with Gasteiger partial charge in [-0.3, -0.25) is 4.79 Å². The number of ketones is 1. The third-order valence-electron chi connectivity index (χ3n) is 2.78. The topological polar surface area (TPSA) is 78.8 Å². The van der Waals surface area contributed by atoms with Crippen LogP contribution in [0.1, 0.15) is 10.4 Å². The quantitative estimate of drug-likeness (QED) is 0.460. The van der Waals surface area contributed by atoms with Crippen LogP contribution in [0.25, 0.3) is 0 Å². The first-order valence-electron chi connectivity index (χ1n) is 5.61. The van der Waals surface area contributed by atoms with Gasteiger partial charge in [0.2, 0.25) is 0 Å². The number of morpholine rings is 1. The molecule has 96 valence electrons. The first kappa shape index (κ1) is 13.2. The highest BCUT2D eigenvalue weighted by Gasteiger charge is 2.28. The van der Waals surface area contributed by atoms with Crippen LogP contribution < -0.4 is 10.8 Å². The zero-order chi connectivity index (χ0) is 13.1. The van der Waals surface area contributed by atoms with Crippen LogP contribution in [-0.2, 0) is 4.74 Å². The number of rotatable bonds is 3. The first-order chi connectivity index (χ1) is 8.59. The summed E-state index contributed by atoms with van der Waals surface area (Å²) in [7, 11) is -1.89. The van der Waals surface area contributed by atoms with E-state index in [1.165, 1.54) is 6.07 Å². The number of benzene rings is 1. The Hall–Kier alpha value is -1.28. The Kier molecular flexibility index (Phi) is 4.08. The normalized spacial score (nSPS) is 19.6. The molecule has 1 fully saturated rings. The summed E-state index contributed by atoms with van der Waals surface area (Å²) in [6.45, 7) is 1.44. The predicted molar refractivity (Wildman–Crippen MR) is 63.2 cm³/mol. The molecule has 1 aromatic carbocycles. The molecule has 0 bridgehead atoms. The van der Waals surface area contributed by atoms with E-state index in [0.29, 0.717) is 19.7 Å². The maximum absolute atomic E-state index is 13.0. The summed E-state index contributed by atoms with van der Waals surface area (Å²) >= 11 is 0. The molecule has 0 aliphatic carbocycles. The molecule has 1 saturated heterocycles. The summed E-state index contributed by atoms with van der Waals surface area (Å²) in [4.78, 5) is 12.1. The number of hydrogen-bond donors (Lipinski definition) is 3. The maximum Gasteiger partial charge on any atom is 0.489 e. The highest BCUT2D eigenvalue weighted by molar-refractivity contribution is 6.60. The molecule has 2 rings (SSSR count). The molecule has 0 saturated carbocycles. The second-order valence-electron chi connectivity index (χ2n) is 4.03. The zero-order valence-electron chi connectivity index (χ0n) is 9.60. The van der Waals surface area contributed by atoms with E-state index in [-0.39, 0.29) is 16.8 Å². The monoisotopic (exact) mass is 253 g/mol. The van der Waals surface area contributed by atoms with Crippen LogP contribution in [0.15, 0.2) is 18.2 Å². The molecule has 7 heteroatoms. The van der Waals surface area contributed by atoms with E-state index in [0.717, 1.165) is 12.1 Å². The second-order valence-corrected chi connectivity index (χ2v) is 4.03. The van der Waals surface area contributed by atoms with E-state index < -0.39 is 19.0 Å². The van der Waals surface area contributed by atoms with Gasteiger partial charge in [-0.05, 0) is 23.7 Å². The van der Waals surface area contributed by atoms with Gasteiger partial charge in [0.15, 0.2) is 5.78 Å². The van der Waals surface area contributed by atoms with Crippen LogP contribution in [0.3, 0.4) is 0 Å². The Labute approximate surface area is 104 Å². The number of ether oxygens (including phenoxy) is 1. The Bertz CT molecular complexity index is 449. The second kappa shape index (κ2) is 5.58. The van der Waals surface area contributed by atoms with Gasteiger partial charge < -0.3 is 20.1 Å². The van der Waals surface area contributed by atoms with Gasteiger partial charge in [0, 0.05) is 18.7 Å². The Morgan fingerprint density at radius 3 is 2.89 bits per heavy atom. The number of carbonyl (C=O) groups excluding carboxylic acids is 1. The average molecular weight is 253 g/mol. The maximum atomic E-state index is 13.0. The van der Waals surface area contributed by atoms with Crippen LogP contribution >= 0.6 is 0 Å². The molecule has 1 atom stereocenters. The minimum atomic E-state index is -1.89. The summed E-state index contributed by atoms with van der Waals surface area (Å²) in [6.07, 6.45) is -0.679. The highest BCUT2D eigenvalue weighted by atomic mass is 19.1. The van der Waals surface area contributed by atoms with E-state index in [9.17, 15) is 9.18 Å². The molecule has 0 aromatic heterocycles. The lowest BCUT2D eigenvalue weighted by atomic mass is 9.75. The fourth-order valence-corrected chi connectivity index (χ4v) is 1.88. The predicted octanol–water partition coefficient (Wildman–Crippen LogP) is -1.32. The van der Waals surface area contributed by atoms with E-state index in [1.54, 1.807) is 0 Å². The van der Waals surface area contributed by atoms with Crippen molar-refractivity contribution in [3.05, 3.63) is 29.6 Å². The van der Waals surface area contributed by atoms with Gasteiger partial charge in [-0.25, -0.2) is 4.39 Å². The van der Waals surface area contributed by atoms with Gasteiger partial charge in [0.1, 0.15) is 11.9 Å². The minimum Gasteiger partial charge on any atom is -0.423 e. The Balaban J connectivity index is 2.28. The van der Waals surface area contributed by atoms with Crippen molar-refractivity contribution in [2.45, 2.75) is 6.10 Å². The average Bonchev–Trinajstić information content (AvgIpc) is 2.39. The molecule has 5 nitrogen and oxygen atoms in total. The molecule has 18 heavy (non-hydrogen) atoms. The molecule has 0 amide bonds. The van der Waals surface area contributed by atoms with Gasteiger partial charge in [-0.2, -0.15) is 0 Å². The van der Waals surface area contributed by atoms with Crippen molar-refractivity contribution in [3.63, 3.8) is 0 Å². The Morgan fingerprint density at radius 2 is 2.28 bits per heavy atom. The molecule has 1 heterocycles. The molecule has 1 unspecified atom stereocenters. The van der Waals surface area contributed by atoms with Crippen molar-refractivity contribution in [2.24, 2.45) is 0 Å². The SMILES string of the molecule is O=C(c1ccc(F)cc1B(O)O)C1CNCCO1. The molecule has 1 aromatic rings. The number of halogens is 1. The van der Waals surface area contributed by atoms with Gasteiger partial charge in [0.05, 0.1) is 6.61 Å². The van der Waals surface area contributed by atoms with E-state index >= 15 is 0 Å². The van der Waals surface area contributed by atoms with Crippen LogP contribution in [-0.4, -0.2) is 48.8 Å². The number of Topliss-reactive ketones (excluding diaryl/α,β-unsaturated/α-hetero) is 1. The van der Waals surface area contributed by atoms with Crippen molar-refractivity contribution in [1.82, 2.24) is 5.32 Å². The lowest BCUT2D eigenvalue weighted by molar-refractivity contribution is 0.0270. The molecule has 1 aliphatic heterocycles. The lowest BCUT2D eigenvalue weighted by Crippen LogP contribution is -2.45. The highest BCUT2D eigenvalue weighted by Crippen LogP contribution is 2.08. The van der Waals surface area contributed by atoms with Gasteiger partial charge in [0.25, 0.3) is 0 Å². The van der Waals surface area contributed by atoms with E-state index in [1.807, 2.05) is 0 Å². The molecule has 1 aliphatic rings. The third kappa shape index (κ3) is 2.76. The van der Waals surface area contributed by atoms with E-state index in [2.05, 4.69) is 5.32 Å². The van der Waals surface area contributed by atoms with Gasteiger partial charge in [-0.15, -0.1) is 0 Å².